The van der Waals surface area contributed by atoms with Gasteiger partial charge < -0.3 is 10.0 Å². The first-order valence-electron chi connectivity index (χ1n) is 10.1. The Morgan fingerprint density at radius 2 is 1.83 bits per heavy atom. The number of aliphatic carboxylic acids is 1. The zero-order valence-electron chi connectivity index (χ0n) is 17.0. The van der Waals surface area contributed by atoms with Crippen LogP contribution in [0.3, 0.4) is 0 Å². The Bertz CT molecular complexity index is 904. The van der Waals surface area contributed by atoms with Crippen LogP contribution in [0.15, 0.2) is 42.5 Å². The summed E-state index contributed by atoms with van der Waals surface area (Å²) < 4.78 is 13.1. The van der Waals surface area contributed by atoms with Gasteiger partial charge in [0.05, 0.1) is 12.8 Å². The number of carbonyl (C=O) groups is 2. The van der Waals surface area contributed by atoms with E-state index in [2.05, 4.69) is 11.8 Å². The molecule has 3 rings (SSSR count). The second-order valence-corrected chi connectivity index (χ2v) is 8.11. The van der Waals surface area contributed by atoms with Crippen molar-refractivity contribution in [2.75, 3.05) is 19.6 Å². The number of carboxylic acid groups (broad SMARTS) is 1. The summed E-state index contributed by atoms with van der Waals surface area (Å²) in [6.07, 6.45) is 1.04. The quantitative estimate of drug-likeness (QED) is 0.723. The van der Waals surface area contributed by atoms with E-state index in [4.69, 9.17) is 16.7 Å². The van der Waals surface area contributed by atoms with Gasteiger partial charge in [-0.25, -0.2) is 4.39 Å². The molecule has 0 aromatic heterocycles. The monoisotopic (exact) mass is 432 g/mol. The zero-order valence-corrected chi connectivity index (χ0v) is 17.7. The van der Waals surface area contributed by atoms with Gasteiger partial charge in [0.1, 0.15) is 5.82 Å². The lowest BCUT2D eigenvalue weighted by Gasteiger charge is -2.41. The molecule has 1 heterocycles. The molecular formula is C23H26ClFN2O3. The van der Waals surface area contributed by atoms with E-state index in [1.165, 1.54) is 12.1 Å². The largest absolute Gasteiger partial charge is 0.481 e. The Morgan fingerprint density at radius 1 is 1.10 bits per heavy atom. The number of hydrogen-bond donors (Lipinski definition) is 1. The summed E-state index contributed by atoms with van der Waals surface area (Å²) in [6.45, 7) is 4.67. The van der Waals surface area contributed by atoms with Crippen LogP contribution in [0.2, 0.25) is 5.02 Å². The molecule has 2 aromatic rings. The standard InChI is InChI=1S/C23H26ClFN2O3/c1-2-21-15-26(14-18-12-19(24)6-5-17(18)13-23(29)30)9-10-27(21)22(28)11-16-3-7-20(25)8-4-16/h3-8,12,21H,2,9-11,13-15H2,1H3,(H,29,30). The second kappa shape index (κ2) is 10.0. The van der Waals surface area contributed by atoms with Crippen molar-refractivity contribution in [3.8, 4) is 0 Å². The van der Waals surface area contributed by atoms with Crippen LogP contribution in [0, 0.1) is 5.82 Å². The molecule has 1 saturated heterocycles. The van der Waals surface area contributed by atoms with Gasteiger partial charge in [-0.05, 0) is 47.4 Å². The third kappa shape index (κ3) is 5.80. The number of hydrogen-bond acceptors (Lipinski definition) is 3. The van der Waals surface area contributed by atoms with Crippen molar-refractivity contribution >= 4 is 23.5 Å². The maximum atomic E-state index is 13.1. The summed E-state index contributed by atoms with van der Waals surface area (Å²) in [5, 5.41) is 9.75. The molecule has 0 spiro atoms. The van der Waals surface area contributed by atoms with Crippen LogP contribution in [-0.4, -0.2) is 52.5 Å². The molecule has 1 unspecified atom stereocenters. The number of rotatable bonds is 7. The van der Waals surface area contributed by atoms with E-state index in [0.29, 0.717) is 31.2 Å². The van der Waals surface area contributed by atoms with Crippen molar-refractivity contribution in [2.24, 2.45) is 0 Å². The van der Waals surface area contributed by atoms with E-state index in [1.54, 1.807) is 24.3 Å². The van der Waals surface area contributed by atoms with Gasteiger partial charge in [-0.2, -0.15) is 0 Å². The molecule has 0 aliphatic carbocycles. The lowest BCUT2D eigenvalue weighted by molar-refractivity contribution is -0.137. The van der Waals surface area contributed by atoms with Crippen molar-refractivity contribution in [1.82, 2.24) is 9.80 Å². The molecule has 1 aliphatic rings. The molecule has 1 fully saturated rings. The zero-order chi connectivity index (χ0) is 21.7. The van der Waals surface area contributed by atoms with Crippen LogP contribution >= 0.6 is 11.6 Å². The van der Waals surface area contributed by atoms with Crippen LogP contribution in [-0.2, 0) is 29.0 Å². The number of piperazine rings is 1. The maximum absolute atomic E-state index is 13.1. The molecule has 7 heteroatoms. The Balaban J connectivity index is 1.65. The summed E-state index contributed by atoms with van der Waals surface area (Å²) in [5.74, 6) is -1.14. The Labute approximate surface area is 181 Å². The molecule has 0 bridgehead atoms. The Morgan fingerprint density at radius 3 is 2.50 bits per heavy atom. The van der Waals surface area contributed by atoms with Crippen molar-refractivity contribution in [3.63, 3.8) is 0 Å². The Hall–Kier alpha value is -2.44. The van der Waals surface area contributed by atoms with Crippen molar-refractivity contribution < 1.29 is 19.1 Å². The molecule has 1 amide bonds. The fourth-order valence-corrected chi connectivity index (χ4v) is 4.13. The molecule has 160 valence electrons. The third-order valence-corrected chi connectivity index (χ3v) is 5.77. The first kappa shape index (κ1) is 22.2. The van der Waals surface area contributed by atoms with Crippen LogP contribution < -0.4 is 0 Å². The average Bonchev–Trinajstić information content (AvgIpc) is 2.71. The van der Waals surface area contributed by atoms with Gasteiger partial charge in [0.15, 0.2) is 0 Å². The van der Waals surface area contributed by atoms with Gasteiger partial charge in [0.2, 0.25) is 5.91 Å². The first-order valence-corrected chi connectivity index (χ1v) is 10.5. The minimum atomic E-state index is -0.874. The molecule has 1 atom stereocenters. The SMILES string of the molecule is CCC1CN(Cc2cc(Cl)ccc2CC(=O)O)CCN1C(=O)Cc1ccc(F)cc1. The predicted molar refractivity (Wildman–Crippen MR) is 114 cm³/mol. The average molecular weight is 433 g/mol. The topological polar surface area (TPSA) is 60.9 Å². The highest BCUT2D eigenvalue weighted by Gasteiger charge is 2.29. The summed E-state index contributed by atoms with van der Waals surface area (Å²) in [6, 6.07) is 11.4. The minimum Gasteiger partial charge on any atom is -0.481 e. The van der Waals surface area contributed by atoms with Crippen molar-refractivity contribution in [3.05, 3.63) is 70.0 Å². The fraction of sp³-hybridized carbons (Fsp3) is 0.391. The van der Waals surface area contributed by atoms with Gasteiger partial charge in [0, 0.05) is 37.2 Å². The number of carbonyl (C=O) groups excluding carboxylic acids is 1. The van der Waals surface area contributed by atoms with Crippen LogP contribution in [0.1, 0.15) is 30.0 Å². The van der Waals surface area contributed by atoms with Gasteiger partial charge in [0.25, 0.3) is 0 Å². The van der Waals surface area contributed by atoms with Gasteiger partial charge in [-0.1, -0.05) is 36.7 Å². The molecule has 2 aromatic carbocycles. The van der Waals surface area contributed by atoms with Crippen LogP contribution in [0.5, 0.6) is 0 Å². The normalized spacial score (nSPS) is 17.2. The number of benzene rings is 2. The fourth-order valence-electron chi connectivity index (χ4n) is 3.94. The van der Waals surface area contributed by atoms with Gasteiger partial charge >= 0.3 is 5.97 Å². The molecule has 30 heavy (non-hydrogen) atoms. The van der Waals surface area contributed by atoms with Crippen LogP contribution in [0.4, 0.5) is 4.39 Å². The van der Waals surface area contributed by atoms with Gasteiger partial charge in [-0.3, -0.25) is 14.5 Å². The highest BCUT2D eigenvalue weighted by molar-refractivity contribution is 6.30. The Kier molecular flexibility index (Phi) is 7.45. The summed E-state index contributed by atoms with van der Waals surface area (Å²) in [7, 11) is 0. The second-order valence-electron chi connectivity index (χ2n) is 7.67. The lowest BCUT2D eigenvalue weighted by atomic mass is 10.0. The van der Waals surface area contributed by atoms with E-state index in [-0.39, 0.29) is 30.6 Å². The van der Waals surface area contributed by atoms with E-state index >= 15 is 0 Å². The number of halogens is 2. The number of nitrogens with zero attached hydrogens (tertiary/aromatic N) is 2. The molecule has 1 N–H and O–H groups in total. The van der Waals surface area contributed by atoms with Crippen LogP contribution in [0.25, 0.3) is 0 Å². The van der Waals surface area contributed by atoms with Crippen molar-refractivity contribution in [2.45, 2.75) is 38.8 Å². The third-order valence-electron chi connectivity index (χ3n) is 5.53. The smallest absolute Gasteiger partial charge is 0.307 e. The van der Waals surface area contributed by atoms with E-state index in [1.807, 2.05) is 11.0 Å². The molecule has 0 radical (unpaired) electrons. The molecule has 0 saturated carbocycles. The molecule has 5 nitrogen and oxygen atoms in total. The highest BCUT2D eigenvalue weighted by atomic mass is 35.5. The summed E-state index contributed by atoms with van der Waals surface area (Å²) >= 11 is 6.14. The minimum absolute atomic E-state index is 0.0418. The number of amides is 1. The number of carboxylic acids is 1. The highest BCUT2D eigenvalue weighted by Crippen LogP contribution is 2.22. The molecular weight excluding hydrogens is 407 g/mol. The maximum Gasteiger partial charge on any atom is 0.307 e. The van der Waals surface area contributed by atoms with E-state index < -0.39 is 5.97 Å². The molecule has 1 aliphatic heterocycles. The van der Waals surface area contributed by atoms with E-state index in [0.717, 1.165) is 23.1 Å². The van der Waals surface area contributed by atoms with Gasteiger partial charge in [-0.15, -0.1) is 0 Å². The summed E-state index contributed by atoms with van der Waals surface area (Å²) in [4.78, 5) is 28.2. The first-order chi connectivity index (χ1) is 14.4. The van der Waals surface area contributed by atoms with Crippen molar-refractivity contribution in [1.29, 1.82) is 0 Å². The van der Waals surface area contributed by atoms with E-state index in [9.17, 15) is 14.0 Å². The lowest BCUT2D eigenvalue weighted by Crippen LogP contribution is -2.55. The summed E-state index contributed by atoms with van der Waals surface area (Å²) in [5.41, 5.74) is 2.47. The predicted octanol–water partition coefficient (Wildman–Crippen LogP) is 3.77.